The number of carboxylic acid groups (broad SMARTS) is 1. The molecule has 4 rings (SSSR count). The molecular formula is C15H16N2O3. The number of benzene rings is 1. The lowest BCUT2D eigenvalue weighted by atomic mass is 9.88. The highest BCUT2D eigenvalue weighted by atomic mass is 16.4. The van der Waals surface area contributed by atoms with Gasteiger partial charge in [-0.05, 0) is 43.2 Å². The summed E-state index contributed by atoms with van der Waals surface area (Å²) in [4.78, 5) is 18.9. The highest BCUT2D eigenvalue weighted by Crippen LogP contribution is 2.52. The minimum absolute atomic E-state index is 0.0620. The molecule has 0 spiro atoms. The van der Waals surface area contributed by atoms with Crippen molar-refractivity contribution in [1.29, 1.82) is 0 Å². The van der Waals surface area contributed by atoms with E-state index in [1.165, 1.54) is 31.4 Å². The van der Waals surface area contributed by atoms with Crippen LogP contribution in [0.2, 0.25) is 0 Å². The Kier molecular flexibility index (Phi) is 2.34. The van der Waals surface area contributed by atoms with Crippen molar-refractivity contribution in [2.45, 2.75) is 31.6 Å². The van der Waals surface area contributed by atoms with Gasteiger partial charge >= 0.3 is 5.97 Å². The average Bonchev–Trinajstić information content (AvgIpc) is 3.12. The number of H-pyrrole nitrogens is 1. The fourth-order valence-corrected chi connectivity index (χ4v) is 4.02. The summed E-state index contributed by atoms with van der Waals surface area (Å²) >= 11 is 0. The molecule has 0 radical (unpaired) electrons. The number of carboxylic acids is 1. The number of aromatic hydroxyl groups is 1. The van der Waals surface area contributed by atoms with Crippen LogP contribution in [-0.4, -0.2) is 26.2 Å². The Bertz CT molecular complexity index is 706. The number of aromatic carboxylic acids is 1. The lowest BCUT2D eigenvalue weighted by Crippen LogP contribution is -2.09. The zero-order valence-electron chi connectivity index (χ0n) is 11.0. The van der Waals surface area contributed by atoms with Crippen LogP contribution < -0.4 is 0 Å². The van der Waals surface area contributed by atoms with E-state index in [-0.39, 0.29) is 11.3 Å². The molecule has 3 atom stereocenters. The van der Waals surface area contributed by atoms with E-state index in [2.05, 4.69) is 9.97 Å². The predicted molar refractivity (Wildman–Crippen MR) is 72.9 cm³/mol. The lowest BCUT2D eigenvalue weighted by molar-refractivity contribution is 0.0699. The van der Waals surface area contributed by atoms with Crippen molar-refractivity contribution in [3.63, 3.8) is 0 Å². The van der Waals surface area contributed by atoms with E-state index in [0.717, 1.165) is 18.2 Å². The number of imidazole rings is 1. The van der Waals surface area contributed by atoms with Crippen molar-refractivity contribution in [2.75, 3.05) is 0 Å². The fraction of sp³-hybridized carbons (Fsp3) is 0.467. The maximum atomic E-state index is 11.2. The topological polar surface area (TPSA) is 86.2 Å². The minimum Gasteiger partial charge on any atom is -0.506 e. The van der Waals surface area contributed by atoms with Gasteiger partial charge in [0.25, 0.3) is 0 Å². The highest BCUT2D eigenvalue weighted by molar-refractivity contribution is 6.02. The maximum Gasteiger partial charge on any atom is 0.337 e. The Morgan fingerprint density at radius 2 is 2.15 bits per heavy atom. The molecule has 2 fully saturated rings. The molecule has 2 bridgehead atoms. The van der Waals surface area contributed by atoms with Gasteiger partial charge in [0.2, 0.25) is 0 Å². The van der Waals surface area contributed by atoms with E-state index >= 15 is 0 Å². The van der Waals surface area contributed by atoms with E-state index < -0.39 is 5.97 Å². The zero-order chi connectivity index (χ0) is 13.9. The summed E-state index contributed by atoms with van der Waals surface area (Å²) < 4.78 is 0. The molecule has 0 aliphatic heterocycles. The molecule has 104 valence electrons. The van der Waals surface area contributed by atoms with Crippen molar-refractivity contribution >= 4 is 17.0 Å². The summed E-state index contributed by atoms with van der Waals surface area (Å²) in [6, 6.07) is 2.82. The van der Waals surface area contributed by atoms with Crippen molar-refractivity contribution in [1.82, 2.24) is 9.97 Å². The van der Waals surface area contributed by atoms with Crippen LogP contribution in [0.3, 0.4) is 0 Å². The predicted octanol–water partition coefficient (Wildman–Crippen LogP) is 2.87. The fourth-order valence-electron chi connectivity index (χ4n) is 4.02. The van der Waals surface area contributed by atoms with Crippen LogP contribution in [0.15, 0.2) is 12.1 Å². The third-order valence-electron chi connectivity index (χ3n) is 4.96. The summed E-state index contributed by atoms with van der Waals surface area (Å²) in [6.45, 7) is 0. The number of fused-ring (bicyclic) bond motifs is 3. The second-order valence-corrected chi connectivity index (χ2v) is 6.06. The van der Waals surface area contributed by atoms with Gasteiger partial charge in [0.05, 0.1) is 5.56 Å². The molecule has 1 aromatic heterocycles. The van der Waals surface area contributed by atoms with Crippen LogP contribution in [0.25, 0.3) is 11.0 Å². The Balaban J connectivity index is 1.84. The molecule has 0 saturated heterocycles. The monoisotopic (exact) mass is 272 g/mol. The van der Waals surface area contributed by atoms with Gasteiger partial charge in [-0.1, -0.05) is 6.42 Å². The van der Waals surface area contributed by atoms with Gasteiger partial charge in [0.1, 0.15) is 22.6 Å². The molecule has 3 unspecified atom stereocenters. The van der Waals surface area contributed by atoms with Crippen LogP contribution >= 0.6 is 0 Å². The number of carbonyl (C=O) groups is 1. The Morgan fingerprint density at radius 1 is 1.30 bits per heavy atom. The minimum atomic E-state index is -1.01. The lowest BCUT2D eigenvalue weighted by Gasteiger charge is -2.18. The quantitative estimate of drug-likeness (QED) is 0.784. The van der Waals surface area contributed by atoms with Gasteiger partial charge in [-0.15, -0.1) is 0 Å². The van der Waals surface area contributed by atoms with E-state index in [1.807, 2.05) is 0 Å². The van der Waals surface area contributed by atoms with Gasteiger partial charge in [-0.3, -0.25) is 0 Å². The second-order valence-electron chi connectivity index (χ2n) is 6.06. The molecular weight excluding hydrogens is 256 g/mol. The smallest absolute Gasteiger partial charge is 0.337 e. The molecule has 5 nitrogen and oxygen atoms in total. The van der Waals surface area contributed by atoms with E-state index in [1.54, 1.807) is 0 Å². The number of phenolic OH excluding ortho intramolecular Hbond substituents is 1. The van der Waals surface area contributed by atoms with E-state index in [0.29, 0.717) is 22.9 Å². The Morgan fingerprint density at radius 3 is 2.80 bits per heavy atom. The first-order valence-electron chi connectivity index (χ1n) is 7.08. The molecule has 2 aliphatic rings. The van der Waals surface area contributed by atoms with Gasteiger partial charge in [-0.2, -0.15) is 0 Å². The van der Waals surface area contributed by atoms with E-state index in [4.69, 9.17) is 0 Å². The number of nitrogens with zero attached hydrogens (tertiary/aromatic N) is 1. The van der Waals surface area contributed by atoms with Crippen LogP contribution in [-0.2, 0) is 0 Å². The molecule has 0 amide bonds. The SMILES string of the molecule is O=C(O)c1ccc(O)c2[nH]c(C3CC4CCC3C4)nc12. The summed E-state index contributed by atoms with van der Waals surface area (Å²) in [6.07, 6.45) is 4.95. The molecule has 20 heavy (non-hydrogen) atoms. The zero-order valence-corrected chi connectivity index (χ0v) is 11.0. The van der Waals surface area contributed by atoms with Crippen LogP contribution in [0.1, 0.15) is 47.8 Å². The summed E-state index contributed by atoms with van der Waals surface area (Å²) in [7, 11) is 0. The number of aromatic nitrogens is 2. The van der Waals surface area contributed by atoms with Crippen LogP contribution in [0.4, 0.5) is 0 Å². The summed E-state index contributed by atoms with van der Waals surface area (Å²) in [5.41, 5.74) is 0.960. The van der Waals surface area contributed by atoms with Crippen molar-refractivity contribution in [3.8, 4) is 5.75 Å². The molecule has 2 saturated carbocycles. The number of aromatic amines is 1. The van der Waals surface area contributed by atoms with Gasteiger partial charge in [-0.25, -0.2) is 9.78 Å². The largest absolute Gasteiger partial charge is 0.506 e. The molecule has 5 heteroatoms. The summed E-state index contributed by atoms with van der Waals surface area (Å²) in [5.74, 6) is 1.74. The number of nitrogens with one attached hydrogen (secondary N) is 1. The van der Waals surface area contributed by atoms with Crippen LogP contribution in [0.5, 0.6) is 5.75 Å². The summed E-state index contributed by atoms with van der Waals surface area (Å²) in [5, 5.41) is 19.1. The first-order valence-corrected chi connectivity index (χ1v) is 7.08. The third kappa shape index (κ3) is 1.55. The van der Waals surface area contributed by atoms with Gasteiger partial charge in [0, 0.05) is 5.92 Å². The standard InChI is InChI=1S/C15H16N2O3/c18-11-4-3-9(15(19)20)12-13(11)17-14(16-12)10-6-7-1-2-8(10)5-7/h3-4,7-8,10,18H,1-2,5-6H2,(H,16,17)(H,19,20). The first-order chi connectivity index (χ1) is 9.63. The highest BCUT2D eigenvalue weighted by Gasteiger charge is 2.41. The Labute approximate surface area is 115 Å². The van der Waals surface area contributed by atoms with Crippen LogP contribution in [0, 0.1) is 11.8 Å². The second kappa shape index (κ2) is 3.98. The number of phenols is 1. The molecule has 1 aromatic carbocycles. The normalized spacial score (nSPS) is 28.3. The molecule has 3 N–H and O–H groups in total. The third-order valence-corrected chi connectivity index (χ3v) is 4.96. The Hall–Kier alpha value is -2.04. The van der Waals surface area contributed by atoms with E-state index in [9.17, 15) is 15.0 Å². The average molecular weight is 272 g/mol. The first kappa shape index (κ1) is 11.8. The molecule has 2 aliphatic carbocycles. The van der Waals surface area contributed by atoms with Gasteiger partial charge < -0.3 is 15.2 Å². The number of hydrogen-bond donors (Lipinski definition) is 3. The molecule has 2 aromatic rings. The van der Waals surface area contributed by atoms with Gasteiger partial charge in [0.15, 0.2) is 0 Å². The maximum absolute atomic E-state index is 11.2. The van der Waals surface area contributed by atoms with Crippen molar-refractivity contribution < 1.29 is 15.0 Å². The van der Waals surface area contributed by atoms with Crippen molar-refractivity contribution in [2.24, 2.45) is 11.8 Å². The number of rotatable bonds is 2. The molecule has 1 heterocycles. The van der Waals surface area contributed by atoms with Crippen molar-refractivity contribution in [3.05, 3.63) is 23.5 Å². The number of hydrogen-bond acceptors (Lipinski definition) is 3.